The average Bonchev–Trinajstić information content (AvgIpc) is 3.26. The molecule has 2 N–H and O–H groups in total. The van der Waals surface area contributed by atoms with Crippen LogP contribution in [0.5, 0.6) is 0 Å². The topological polar surface area (TPSA) is 81.8 Å². The normalized spacial score (nSPS) is 19.8. The fourth-order valence-corrected chi connectivity index (χ4v) is 4.17. The van der Waals surface area contributed by atoms with E-state index in [1.807, 2.05) is 54.3 Å². The van der Waals surface area contributed by atoms with E-state index in [1.54, 1.807) is 12.4 Å². The first-order valence-corrected chi connectivity index (χ1v) is 10.9. The number of rotatable bonds is 4. The number of pyridine rings is 1. The van der Waals surface area contributed by atoms with Crippen molar-refractivity contribution in [2.45, 2.75) is 25.2 Å². The number of nitrogens with one attached hydrogen (secondary N) is 1. The summed E-state index contributed by atoms with van der Waals surface area (Å²) in [6.45, 7) is 1.57. The maximum Gasteiger partial charge on any atom is 0.184 e. The van der Waals surface area contributed by atoms with Gasteiger partial charge in [0.05, 0.1) is 17.5 Å². The molecule has 3 aromatic rings. The second-order valence-corrected chi connectivity index (χ2v) is 8.10. The summed E-state index contributed by atoms with van der Waals surface area (Å²) in [5.41, 5.74) is 3.97. The number of aliphatic hydroxyl groups excluding tert-OH is 1. The Labute approximate surface area is 187 Å². The summed E-state index contributed by atoms with van der Waals surface area (Å²) < 4.78 is 1.82. The Morgan fingerprint density at radius 1 is 1.03 bits per heavy atom. The molecule has 1 saturated heterocycles. The minimum absolute atomic E-state index is 0.221. The van der Waals surface area contributed by atoms with Crippen LogP contribution in [0.15, 0.2) is 78.3 Å². The van der Waals surface area contributed by atoms with Crippen molar-refractivity contribution in [3.63, 3.8) is 0 Å². The predicted octanol–water partition coefficient (Wildman–Crippen LogP) is 3.07. The summed E-state index contributed by atoms with van der Waals surface area (Å²) >= 11 is 0. The minimum Gasteiger partial charge on any atom is -0.393 e. The number of amidine groups is 1. The highest BCUT2D eigenvalue weighted by atomic mass is 16.3. The summed E-state index contributed by atoms with van der Waals surface area (Å²) in [7, 11) is 1.93. The first-order valence-electron chi connectivity index (χ1n) is 10.9. The van der Waals surface area contributed by atoms with E-state index >= 15 is 0 Å². The van der Waals surface area contributed by atoms with Gasteiger partial charge in [-0.25, -0.2) is 4.99 Å². The molecule has 0 spiro atoms. The van der Waals surface area contributed by atoms with E-state index in [0.717, 1.165) is 54.4 Å². The van der Waals surface area contributed by atoms with Gasteiger partial charge in [-0.15, -0.1) is 0 Å². The summed E-state index contributed by atoms with van der Waals surface area (Å²) in [6, 6.07) is 14.2. The highest BCUT2D eigenvalue weighted by molar-refractivity contribution is 6.05. The van der Waals surface area contributed by atoms with Crippen molar-refractivity contribution in [2.24, 2.45) is 12.0 Å². The lowest BCUT2D eigenvalue weighted by Crippen LogP contribution is -2.51. The number of anilines is 2. The Hall–Kier alpha value is -3.49. The molecule has 5 rings (SSSR count). The molecule has 1 fully saturated rings. The first-order chi connectivity index (χ1) is 15.7. The van der Waals surface area contributed by atoms with Gasteiger partial charge in [0.1, 0.15) is 5.84 Å². The van der Waals surface area contributed by atoms with Crippen molar-refractivity contribution in [1.29, 1.82) is 0 Å². The summed E-state index contributed by atoms with van der Waals surface area (Å²) in [5, 5.41) is 18.0. The van der Waals surface area contributed by atoms with Crippen molar-refractivity contribution >= 4 is 17.2 Å². The van der Waals surface area contributed by atoms with Gasteiger partial charge in [0, 0.05) is 56.2 Å². The lowest BCUT2D eigenvalue weighted by Gasteiger charge is -2.41. The second kappa shape index (κ2) is 8.94. The highest BCUT2D eigenvalue weighted by Gasteiger charge is 2.31. The molecule has 2 aromatic heterocycles. The molecule has 1 aromatic carbocycles. The number of nitrogens with zero attached hydrogens (tertiary/aromatic N) is 6. The van der Waals surface area contributed by atoms with Gasteiger partial charge in [0.2, 0.25) is 0 Å². The average molecular weight is 430 g/mol. The molecule has 1 atom stereocenters. The fourth-order valence-electron chi connectivity index (χ4n) is 4.17. The fraction of sp³-hybridized carbons (Fsp3) is 0.292. The van der Waals surface area contributed by atoms with Crippen LogP contribution in [-0.4, -0.2) is 56.1 Å². The van der Waals surface area contributed by atoms with Gasteiger partial charge in [0.15, 0.2) is 6.29 Å². The lowest BCUT2D eigenvalue weighted by atomic mass is 10.1. The largest absolute Gasteiger partial charge is 0.393 e. The van der Waals surface area contributed by atoms with Gasteiger partial charge >= 0.3 is 0 Å². The Balaban J connectivity index is 1.50. The molecule has 0 radical (unpaired) electrons. The lowest BCUT2D eigenvalue weighted by molar-refractivity contribution is 0.0634. The molecule has 8 nitrogen and oxygen atoms in total. The molecule has 2 aliphatic rings. The molecule has 0 saturated carbocycles. The summed E-state index contributed by atoms with van der Waals surface area (Å²) in [5.74, 6) is 0.791. The number of aryl methyl sites for hydroxylation is 1. The minimum atomic E-state index is -0.238. The summed E-state index contributed by atoms with van der Waals surface area (Å²) in [6.07, 6.45) is 10.6. The van der Waals surface area contributed by atoms with Crippen LogP contribution in [0.3, 0.4) is 0 Å². The van der Waals surface area contributed by atoms with E-state index in [1.165, 1.54) is 0 Å². The molecule has 164 valence electrons. The number of hydrogen-bond acceptors (Lipinski definition) is 7. The number of aliphatic imine (C=N–C) groups is 1. The molecule has 0 amide bonds. The van der Waals surface area contributed by atoms with Crippen LogP contribution < -0.4 is 10.2 Å². The van der Waals surface area contributed by atoms with Crippen molar-refractivity contribution in [3.05, 3.63) is 73.3 Å². The number of piperidine rings is 1. The zero-order valence-corrected chi connectivity index (χ0v) is 18.0. The van der Waals surface area contributed by atoms with Gasteiger partial charge in [-0.1, -0.05) is 18.2 Å². The quantitative estimate of drug-likeness (QED) is 0.663. The number of aromatic nitrogens is 3. The van der Waals surface area contributed by atoms with Crippen LogP contribution in [0.2, 0.25) is 0 Å². The monoisotopic (exact) mass is 429 g/mol. The zero-order valence-electron chi connectivity index (χ0n) is 18.0. The smallest absolute Gasteiger partial charge is 0.184 e. The molecular formula is C24H27N7O. The summed E-state index contributed by atoms with van der Waals surface area (Å²) in [4.78, 5) is 13.7. The van der Waals surface area contributed by atoms with Crippen LogP contribution >= 0.6 is 0 Å². The maximum absolute atomic E-state index is 10.0. The van der Waals surface area contributed by atoms with E-state index in [4.69, 9.17) is 4.99 Å². The van der Waals surface area contributed by atoms with Crippen LogP contribution in [0.1, 0.15) is 12.8 Å². The zero-order chi connectivity index (χ0) is 21.9. The van der Waals surface area contributed by atoms with Crippen molar-refractivity contribution in [3.8, 4) is 11.3 Å². The predicted molar refractivity (Wildman–Crippen MR) is 126 cm³/mol. The van der Waals surface area contributed by atoms with Gasteiger partial charge in [-0.2, -0.15) is 5.10 Å². The standard InChI is InChI=1S/C24H27N7O/c1-29-14-10-21(28-29)20-4-2-3-5-22(20)31-17-11-23(26-18-6-12-25-13-7-18)27-24(31)30-15-8-19(32)9-16-30/h2-7,10-14,17,19,24,32H,8-9,15-16H2,1H3,(H,25,26,27). The van der Waals surface area contributed by atoms with Crippen LogP contribution in [0.25, 0.3) is 11.3 Å². The Morgan fingerprint density at radius 3 is 2.56 bits per heavy atom. The Morgan fingerprint density at radius 2 is 1.81 bits per heavy atom. The molecule has 0 aliphatic carbocycles. The Kier molecular flexibility index (Phi) is 5.70. The van der Waals surface area contributed by atoms with E-state index in [2.05, 4.69) is 43.5 Å². The molecule has 1 unspecified atom stereocenters. The van der Waals surface area contributed by atoms with Gasteiger partial charge < -0.3 is 15.3 Å². The Bertz CT molecular complexity index is 1120. The third kappa shape index (κ3) is 4.28. The van der Waals surface area contributed by atoms with Crippen molar-refractivity contribution in [1.82, 2.24) is 19.7 Å². The van der Waals surface area contributed by atoms with Gasteiger partial charge in [-0.3, -0.25) is 14.6 Å². The number of likely N-dealkylation sites (tertiary alicyclic amines) is 1. The number of aliphatic hydroxyl groups is 1. The molecule has 4 heterocycles. The second-order valence-electron chi connectivity index (χ2n) is 8.10. The number of para-hydroxylation sites is 1. The first kappa shape index (κ1) is 20.4. The molecule has 32 heavy (non-hydrogen) atoms. The molecular weight excluding hydrogens is 402 g/mol. The number of hydrogen-bond donors (Lipinski definition) is 2. The van der Waals surface area contributed by atoms with Gasteiger partial charge in [0.25, 0.3) is 0 Å². The third-order valence-electron chi connectivity index (χ3n) is 5.85. The molecule has 8 heteroatoms. The van der Waals surface area contributed by atoms with E-state index in [0.29, 0.717) is 0 Å². The van der Waals surface area contributed by atoms with Crippen molar-refractivity contribution in [2.75, 3.05) is 23.3 Å². The van der Waals surface area contributed by atoms with Crippen LogP contribution in [0, 0.1) is 0 Å². The van der Waals surface area contributed by atoms with E-state index in [9.17, 15) is 5.11 Å². The van der Waals surface area contributed by atoms with Crippen LogP contribution in [-0.2, 0) is 7.05 Å². The van der Waals surface area contributed by atoms with E-state index < -0.39 is 0 Å². The third-order valence-corrected chi connectivity index (χ3v) is 5.85. The van der Waals surface area contributed by atoms with Crippen LogP contribution in [0.4, 0.5) is 11.4 Å². The highest BCUT2D eigenvalue weighted by Crippen LogP contribution is 2.34. The van der Waals surface area contributed by atoms with Crippen molar-refractivity contribution < 1.29 is 5.11 Å². The molecule has 0 bridgehead atoms. The SMILES string of the molecule is Cn1ccc(-c2ccccc2N2C=CC(Nc3ccncc3)=NC2N2CCC(O)CC2)n1. The van der Waals surface area contributed by atoms with Gasteiger partial charge in [-0.05, 0) is 43.2 Å². The number of benzene rings is 1. The maximum atomic E-state index is 10.0. The molecule has 2 aliphatic heterocycles. The van der Waals surface area contributed by atoms with E-state index in [-0.39, 0.29) is 12.4 Å².